The molecule has 0 unspecified atom stereocenters. The Morgan fingerprint density at radius 2 is 0.786 bits per heavy atom. The van der Waals surface area contributed by atoms with E-state index in [1.807, 2.05) is 6.07 Å². The zero-order valence-corrected chi connectivity index (χ0v) is 30.6. The van der Waals surface area contributed by atoms with Crippen LogP contribution in [0.2, 0.25) is 0 Å². The van der Waals surface area contributed by atoms with Crippen molar-refractivity contribution in [3.05, 3.63) is 212 Å². The maximum atomic E-state index is 6.42. The van der Waals surface area contributed by atoms with Crippen LogP contribution in [0.1, 0.15) is 0 Å². The molecule has 1 aromatic heterocycles. The normalized spacial score (nSPS) is 11.6. The van der Waals surface area contributed by atoms with Gasteiger partial charge < -0.3 is 9.32 Å². The number of furan rings is 1. The van der Waals surface area contributed by atoms with Gasteiger partial charge in [-0.2, -0.15) is 0 Å². The van der Waals surface area contributed by atoms with Gasteiger partial charge in [-0.25, -0.2) is 0 Å². The van der Waals surface area contributed by atoms with Gasteiger partial charge >= 0.3 is 0 Å². The molecule has 0 aliphatic rings. The van der Waals surface area contributed by atoms with Crippen LogP contribution in [0.4, 0.5) is 17.1 Å². The number of fused-ring (bicyclic) bond motifs is 7. The van der Waals surface area contributed by atoms with Crippen LogP contribution in [0.3, 0.4) is 0 Å². The van der Waals surface area contributed by atoms with Gasteiger partial charge in [0.05, 0.1) is 11.1 Å². The third-order valence-corrected chi connectivity index (χ3v) is 11.2. The quantitative estimate of drug-likeness (QED) is 0.160. The first-order valence-corrected chi connectivity index (χ1v) is 19.2. The van der Waals surface area contributed by atoms with Gasteiger partial charge in [-0.05, 0) is 120 Å². The molecule has 0 fully saturated rings. The van der Waals surface area contributed by atoms with Gasteiger partial charge in [0, 0.05) is 16.8 Å². The van der Waals surface area contributed by atoms with Crippen molar-refractivity contribution in [3.63, 3.8) is 0 Å². The Balaban J connectivity index is 1.05. The Hall–Kier alpha value is -7.42. The fraction of sp³-hybridized carbons (Fsp3) is 0. The third-order valence-electron chi connectivity index (χ3n) is 11.2. The summed E-state index contributed by atoms with van der Waals surface area (Å²) in [6.07, 6.45) is 0. The summed E-state index contributed by atoms with van der Waals surface area (Å²) >= 11 is 0. The molecule has 1 heterocycles. The minimum absolute atomic E-state index is 0.867. The van der Waals surface area contributed by atoms with Crippen LogP contribution in [0, 0.1) is 0 Å². The molecule has 56 heavy (non-hydrogen) atoms. The first-order valence-electron chi connectivity index (χ1n) is 19.2. The monoisotopic (exact) mass is 713 g/mol. The average molecular weight is 714 g/mol. The topological polar surface area (TPSA) is 16.4 Å². The minimum atomic E-state index is 0.867. The number of para-hydroxylation sites is 1. The van der Waals surface area contributed by atoms with Gasteiger partial charge in [-0.1, -0.05) is 158 Å². The molecule has 11 rings (SSSR count). The van der Waals surface area contributed by atoms with Crippen molar-refractivity contribution in [2.45, 2.75) is 0 Å². The molecule has 0 aliphatic carbocycles. The molecule has 0 radical (unpaired) electrons. The second-order valence-corrected chi connectivity index (χ2v) is 14.5. The predicted octanol–water partition coefficient (Wildman–Crippen LogP) is 15.5. The number of benzene rings is 10. The van der Waals surface area contributed by atoms with E-state index in [4.69, 9.17) is 4.42 Å². The van der Waals surface area contributed by atoms with E-state index in [-0.39, 0.29) is 0 Å². The lowest BCUT2D eigenvalue weighted by atomic mass is 9.96. The Morgan fingerprint density at radius 3 is 1.54 bits per heavy atom. The van der Waals surface area contributed by atoms with E-state index in [1.165, 1.54) is 54.6 Å². The maximum Gasteiger partial charge on any atom is 0.137 e. The van der Waals surface area contributed by atoms with Crippen LogP contribution in [-0.4, -0.2) is 0 Å². The summed E-state index contributed by atoms with van der Waals surface area (Å²) in [6, 6.07) is 76.6. The fourth-order valence-electron chi connectivity index (χ4n) is 8.42. The first-order chi connectivity index (χ1) is 27.7. The van der Waals surface area contributed by atoms with E-state index < -0.39 is 0 Å². The Bertz CT molecular complexity index is 3260. The Morgan fingerprint density at radius 1 is 0.286 bits per heavy atom. The molecular formula is C54H35NO. The number of hydrogen-bond acceptors (Lipinski definition) is 2. The lowest BCUT2D eigenvalue weighted by Crippen LogP contribution is -2.10. The lowest BCUT2D eigenvalue weighted by Gasteiger charge is -2.27. The summed E-state index contributed by atoms with van der Waals surface area (Å²) < 4.78 is 6.42. The SMILES string of the molecule is c1cc(-c2ccc(-c3ccc4ccccc4c3)cc2)cc(N(c2cccc(-c3ccc4ccc5ccccc5c4c3)c2)c2cccc3oc4ccccc4c23)c1. The zero-order chi connectivity index (χ0) is 37.0. The van der Waals surface area contributed by atoms with Crippen LogP contribution in [0.25, 0.3) is 87.6 Å². The summed E-state index contributed by atoms with van der Waals surface area (Å²) in [5, 5.41) is 9.72. The molecule has 0 saturated carbocycles. The molecule has 0 atom stereocenters. The largest absolute Gasteiger partial charge is 0.456 e. The van der Waals surface area contributed by atoms with E-state index in [0.29, 0.717) is 0 Å². The molecule has 11 aromatic rings. The van der Waals surface area contributed by atoms with Gasteiger partial charge in [0.25, 0.3) is 0 Å². The van der Waals surface area contributed by atoms with Crippen molar-refractivity contribution >= 4 is 71.3 Å². The van der Waals surface area contributed by atoms with Crippen molar-refractivity contribution < 1.29 is 4.42 Å². The molecule has 0 N–H and O–H groups in total. The van der Waals surface area contributed by atoms with Gasteiger partial charge in [0.2, 0.25) is 0 Å². The smallest absolute Gasteiger partial charge is 0.137 e. The standard InChI is InChI=1S/C54H35NO/c1-2-12-41-32-44(30-26-36(41)10-1)38-24-22-37(23-25-38)42-13-7-15-46(33-42)55(51-19-9-21-53-54(51)49-18-5-6-20-52(49)56-53)47-16-8-14-43(34-47)45-31-29-40-28-27-39-11-3-4-17-48(39)50(40)35-45/h1-35H. The van der Waals surface area contributed by atoms with Crippen molar-refractivity contribution in [2.75, 3.05) is 4.90 Å². The van der Waals surface area contributed by atoms with Crippen LogP contribution >= 0.6 is 0 Å². The predicted molar refractivity (Wildman–Crippen MR) is 237 cm³/mol. The highest BCUT2D eigenvalue weighted by atomic mass is 16.3. The number of rotatable bonds is 6. The molecule has 2 heteroatoms. The van der Waals surface area contributed by atoms with Crippen LogP contribution in [-0.2, 0) is 0 Å². The average Bonchev–Trinajstić information content (AvgIpc) is 3.66. The van der Waals surface area contributed by atoms with Crippen molar-refractivity contribution in [2.24, 2.45) is 0 Å². The fourth-order valence-corrected chi connectivity index (χ4v) is 8.42. The van der Waals surface area contributed by atoms with Gasteiger partial charge in [0.1, 0.15) is 11.2 Å². The van der Waals surface area contributed by atoms with E-state index in [9.17, 15) is 0 Å². The highest BCUT2D eigenvalue weighted by Crippen LogP contribution is 2.44. The summed E-state index contributed by atoms with van der Waals surface area (Å²) in [6.45, 7) is 0. The molecule has 262 valence electrons. The molecule has 0 saturated heterocycles. The number of hydrogen-bond donors (Lipinski definition) is 0. The Kier molecular flexibility index (Phi) is 7.53. The highest BCUT2D eigenvalue weighted by Gasteiger charge is 2.20. The Labute approximate surface area is 325 Å². The molecule has 2 nitrogen and oxygen atoms in total. The molecule has 0 spiro atoms. The first kappa shape index (κ1) is 32.0. The van der Waals surface area contributed by atoms with E-state index in [2.05, 4.69) is 211 Å². The third kappa shape index (κ3) is 5.51. The maximum absolute atomic E-state index is 6.42. The summed E-state index contributed by atoms with van der Waals surface area (Å²) in [4.78, 5) is 2.39. The molecule has 0 amide bonds. The summed E-state index contributed by atoms with van der Waals surface area (Å²) in [7, 11) is 0. The van der Waals surface area contributed by atoms with E-state index >= 15 is 0 Å². The summed E-state index contributed by atoms with van der Waals surface area (Å²) in [5.74, 6) is 0. The highest BCUT2D eigenvalue weighted by molar-refractivity contribution is 6.13. The molecule has 10 aromatic carbocycles. The van der Waals surface area contributed by atoms with Crippen LogP contribution in [0.15, 0.2) is 217 Å². The number of anilines is 3. The summed E-state index contributed by atoms with van der Waals surface area (Å²) in [5.41, 5.74) is 12.0. The van der Waals surface area contributed by atoms with Crippen molar-refractivity contribution in [1.82, 2.24) is 0 Å². The zero-order valence-electron chi connectivity index (χ0n) is 30.6. The van der Waals surface area contributed by atoms with Crippen molar-refractivity contribution in [3.8, 4) is 33.4 Å². The second-order valence-electron chi connectivity index (χ2n) is 14.5. The van der Waals surface area contributed by atoms with E-state index in [0.717, 1.165) is 50.1 Å². The van der Waals surface area contributed by atoms with Gasteiger partial charge in [-0.3, -0.25) is 0 Å². The van der Waals surface area contributed by atoms with Crippen LogP contribution in [0.5, 0.6) is 0 Å². The molecule has 0 aliphatic heterocycles. The van der Waals surface area contributed by atoms with Gasteiger partial charge in [-0.15, -0.1) is 0 Å². The lowest BCUT2D eigenvalue weighted by molar-refractivity contribution is 0.669. The van der Waals surface area contributed by atoms with E-state index in [1.54, 1.807) is 0 Å². The van der Waals surface area contributed by atoms with Gasteiger partial charge in [0.15, 0.2) is 0 Å². The van der Waals surface area contributed by atoms with Crippen molar-refractivity contribution in [1.29, 1.82) is 0 Å². The second kappa shape index (κ2) is 13.2. The molecule has 0 bridgehead atoms. The molecular weight excluding hydrogens is 679 g/mol. The minimum Gasteiger partial charge on any atom is -0.456 e. The number of nitrogens with zero attached hydrogens (tertiary/aromatic N) is 1. The van der Waals surface area contributed by atoms with Crippen LogP contribution < -0.4 is 4.90 Å².